The maximum absolute atomic E-state index is 10.9. The topological polar surface area (TPSA) is 87.9 Å². The van der Waals surface area contributed by atoms with Gasteiger partial charge in [0.2, 0.25) is 0 Å². The number of carbonyl (C=O) groups is 1. The monoisotopic (exact) mass is 518 g/mol. The third-order valence-electron chi connectivity index (χ3n) is 5.62. The van der Waals surface area contributed by atoms with Crippen molar-refractivity contribution < 1.29 is 28.5 Å². The molecule has 3 aromatic rings. The van der Waals surface area contributed by atoms with Gasteiger partial charge in [-0.25, -0.2) is 0 Å². The van der Waals surface area contributed by atoms with E-state index >= 15 is 0 Å². The minimum atomic E-state index is -0.0151. The van der Waals surface area contributed by atoms with Crippen LogP contribution in [0.15, 0.2) is 64.8 Å². The van der Waals surface area contributed by atoms with Crippen LogP contribution in [0.1, 0.15) is 47.8 Å². The maximum atomic E-state index is 10.9. The number of carbonyl (C=O) groups excluding carboxylic acids is 1. The van der Waals surface area contributed by atoms with E-state index in [0.717, 1.165) is 28.7 Å². The molecule has 200 valence electrons. The van der Waals surface area contributed by atoms with Gasteiger partial charge in [-0.05, 0) is 64.6 Å². The summed E-state index contributed by atoms with van der Waals surface area (Å²) < 4.78 is 27.9. The standard InChI is InChI=1S/C30H34N2O6/c1-30(2,3)24-10-7-21(15-27(24)34-4)18-31-32-19-22-8-11-25(28(16-22)35-5)37-13-14-38-26-12-9-23(20-33)17-29(26)36-6/h7-12,15-20H,13-14H2,1-6H3/b31-18+,32-19+. The van der Waals surface area contributed by atoms with Crippen molar-refractivity contribution in [3.63, 3.8) is 0 Å². The molecule has 3 rings (SSSR count). The van der Waals surface area contributed by atoms with E-state index in [1.165, 1.54) is 7.11 Å². The molecule has 0 aliphatic heterocycles. The molecule has 8 heteroatoms. The van der Waals surface area contributed by atoms with Crippen LogP contribution in [-0.4, -0.2) is 53.3 Å². The smallest absolute Gasteiger partial charge is 0.161 e. The van der Waals surface area contributed by atoms with Gasteiger partial charge in [-0.15, -0.1) is 0 Å². The zero-order valence-corrected chi connectivity index (χ0v) is 22.7. The van der Waals surface area contributed by atoms with Crippen molar-refractivity contribution in [3.05, 3.63) is 76.9 Å². The molecule has 0 saturated heterocycles. The second-order valence-electron chi connectivity index (χ2n) is 9.33. The van der Waals surface area contributed by atoms with Gasteiger partial charge in [-0.1, -0.05) is 32.9 Å². The third-order valence-corrected chi connectivity index (χ3v) is 5.62. The third kappa shape index (κ3) is 7.59. The Morgan fingerprint density at radius 1 is 0.632 bits per heavy atom. The molecule has 0 atom stereocenters. The molecule has 0 N–H and O–H groups in total. The Kier molecular flexibility index (Phi) is 9.87. The predicted molar refractivity (Wildman–Crippen MR) is 149 cm³/mol. The van der Waals surface area contributed by atoms with E-state index < -0.39 is 0 Å². The first-order chi connectivity index (χ1) is 18.3. The molecule has 0 saturated carbocycles. The Morgan fingerprint density at radius 2 is 1.08 bits per heavy atom. The largest absolute Gasteiger partial charge is 0.496 e. The van der Waals surface area contributed by atoms with Crippen LogP contribution in [0.3, 0.4) is 0 Å². The molecule has 0 heterocycles. The average Bonchev–Trinajstić information content (AvgIpc) is 2.93. The first-order valence-corrected chi connectivity index (χ1v) is 12.1. The van der Waals surface area contributed by atoms with E-state index in [4.69, 9.17) is 23.7 Å². The fourth-order valence-electron chi connectivity index (χ4n) is 3.67. The molecule has 3 aromatic carbocycles. The molecule has 38 heavy (non-hydrogen) atoms. The minimum absolute atomic E-state index is 0.0151. The van der Waals surface area contributed by atoms with E-state index in [9.17, 15) is 4.79 Å². The molecule has 0 aromatic heterocycles. The number of hydrogen-bond donors (Lipinski definition) is 0. The van der Waals surface area contributed by atoms with Crippen LogP contribution in [0, 0.1) is 0 Å². The molecule has 0 amide bonds. The number of methoxy groups -OCH3 is 3. The summed E-state index contributed by atoms with van der Waals surface area (Å²) in [5, 5.41) is 8.33. The van der Waals surface area contributed by atoms with Crippen LogP contribution in [0.4, 0.5) is 0 Å². The molecule has 8 nitrogen and oxygen atoms in total. The lowest BCUT2D eigenvalue weighted by Crippen LogP contribution is -2.12. The normalized spacial score (nSPS) is 11.5. The summed E-state index contributed by atoms with van der Waals surface area (Å²) in [6.45, 7) is 7.00. The molecule has 0 bridgehead atoms. The molecule has 0 fully saturated rings. The van der Waals surface area contributed by atoms with Gasteiger partial charge < -0.3 is 23.7 Å². The van der Waals surface area contributed by atoms with Crippen LogP contribution in [0.25, 0.3) is 0 Å². The number of benzene rings is 3. The minimum Gasteiger partial charge on any atom is -0.496 e. The summed E-state index contributed by atoms with van der Waals surface area (Å²) in [4.78, 5) is 10.9. The van der Waals surface area contributed by atoms with Gasteiger partial charge in [0.25, 0.3) is 0 Å². The zero-order valence-electron chi connectivity index (χ0n) is 22.7. The Labute approximate surface area is 223 Å². The Morgan fingerprint density at radius 3 is 1.55 bits per heavy atom. The summed E-state index contributed by atoms with van der Waals surface area (Å²) in [5.41, 5.74) is 3.34. The van der Waals surface area contributed by atoms with E-state index in [-0.39, 0.29) is 18.6 Å². The number of hydrogen-bond acceptors (Lipinski definition) is 8. The van der Waals surface area contributed by atoms with E-state index in [0.29, 0.717) is 28.6 Å². The highest BCUT2D eigenvalue weighted by Crippen LogP contribution is 2.32. The Balaban J connectivity index is 1.58. The highest BCUT2D eigenvalue weighted by atomic mass is 16.5. The number of aldehydes is 1. The number of rotatable bonds is 12. The summed E-state index contributed by atoms with van der Waals surface area (Å²) >= 11 is 0. The van der Waals surface area contributed by atoms with Crippen molar-refractivity contribution in [3.8, 4) is 28.7 Å². The molecule has 0 aliphatic carbocycles. The molecular formula is C30H34N2O6. The van der Waals surface area contributed by atoms with Gasteiger partial charge in [0.15, 0.2) is 23.0 Å². The fourth-order valence-corrected chi connectivity index (χ4v) is 3.67. The van der Waals surface area contributed by atoms with Gasteiger partial charge >= 0.3 is 0 Å². The first kappa shape index (κ1) is 28.2. The van der Waals surface area contributed by atoms with Gasteiger partial charge in [0.05, 0.1) is 33.8 Å². The molecule has 0 aliphatic rings. The SMILES string of the molecule is COc1cc(C=O)ccc1OCCOc1ccc(/C=N/N=C/c2ccc(C(C)(C)C)c(OC)c2)cc1OC. The van der Waals surface area contributed by atoms with Crippen molar-refractivity contribution >= 4 is 18.7 Å². The fraction of sp³-hybridized carbons (Fsp3) is 0.300. The van der Waals surface area contributed by atoms with Gasteiger partial charge in [-0.2, -0.15) is 10.2 Å². The van der Waals surface area contributed by atoms with Crippen molar-refractivity contribution in [1.82, 2.24) is 0 Å². The summed E-state index contributed by atoms with van der Waals surface area (Å²) in [7, 11) is 4.77. The van der Waals surface area contributed by atoms with Crippen LogP contribution in [0.2, 0.25) is 0 Å². The van der Waals surface area contributed by atoms with Crippen molar-refractivity contribution in [1.29, 1.82) is 0 Å². The highest BCUT2D eigenvalue weighted by Gasteiger charge is 2.18. The second kappa shape index (κ2) is 13.3. The lowest BCUT2D eigenvalue weighted by Gasteiger charge is -2.22. The average molecular weight is 519 g/mol. The quantitative estimate of drug-likeness (QED) is 0.132. The van der Waals surface area contributed by atoms with Gasteiger partial charge in [-0.3, -0.25) is 4.79 Å². The van der Waals surface area contributed by atoms with Crippen molar-refractivity contribution in [2.45, 2.75) is 26.2 Å². The van der Waals surface area contributed by atoms with Crippen LogP contribution in [0.5, 0.6) is 28.7 Å². The van der Waals surface area contributed by atoms with Crippen LogP contribution in [-0.2, 0) is 5.41 Å². The first-order valence-electron chi connectivity index (χ1n) is 12.1. The second-order valence-corrected chi connectivity index (χ2v) is 9.33. The van der Waals surface area contributed by atoms with E-state index in [1.54, 1.807) is 50.9 Å². The molecule has 0 spiro atoms. The van der Waals surface area contributed by atoms with Gasteiger partial charge in [0, 0.05) is 5.56 Å². The lowest BCUT2D eigenvalue weighted by atomic mass is 9.86. The van der Waals surface area contributed by atoms with Crippen molar-refractivity contribution in [2.24, 2.45) is 10.2 Å². The zero-order chi connectivity index (χ0) is 27.5. The predicted octanol–water partition coefficient (Wildman–Crippen LogP) is 5.73. The van der Waals surface area contributed by atoms with Gasteiger partial charge in [0.1, 0.15) is 25.2 Å². The van der Waals surface area contributed by atoms with Crippen molar-refractivity contribution in [2.75, 3.05) is 34.5 Å². The number of nitrogens with zero attached hydrogens (tertiary/aromatic N) is 2. The van der Waals surface area contributed by atoms with Crippen LogP contribution >= 0.6 is 0 Å². The lowest BCUT2D eigenvalue weighted by molar-refractivity contribution is 0.112. The highest BCUT2D eigenvalue weighted by molar-refractivity contribution is 5.84. The molecule has 0 radical (unpaired) electrons. The summed E-state index contributed by atoms with van der Waals surface area (Å²) in [6, 6.07) is 16.5. The summed E-state index contributed by atoms with van der Waals surface area (Å²) in [6.07, 6.45) is 4.08. The number of ether oxygens (including phenoxy) is 5. The Hall–Kier alpha value is -4.33. The van der Waals surface area contributed by atoms with E-state index in [2.05, 4.69) is 37.0 Å². The van der Waals surface area contributed by atoms with Crippen LogP contribution < -0.4 is 23.7 Å². The Bertz CT molecular complexity index is 1290. The maximum Gasteiger partial charge on any atom is 0.161 e. The van der Waals surface area contributed by atoms with E-state index in [1.807, 2.05) is 24.3 Å². The molecule has 0 unspecified atom stereocenters. The summed E-state index contributed by atoms with van der Waals surface area (Å²) in [5.74, 6) is 2.98. The molecular weight excluding hydrogens is 484 g/mol.